The molecule has 1 aromatic rings. The van der Waals surface area contributed by atoms with Gasteiger partial charge in [-0.25, -0.2) is 5.84 Å². The van der Waals surface area contributed by atoms with Gasteiger partial charge in [-0.15, -0.1) is 0 Å². The largest absolute Gasteiger partial charge is 0.283 e. The predicted molar refractivity (Wildman–Crippen MR) is 61.2 cm³/mol. The Hall–Kier alpha value is -1.35. The first-order valence-corrected chi connectivity index (χ1v) is 4.95. The van der Waals surface area contributed by atoms with Crippen molar-refractivity contribution in [2.45, 2.75) is 26.2 Å². The Morgan fingerprint density at radius 2 is 2.00 bits per heavy atom. The van der Waals surface area contributed by atoms with Crippen LogP contribution in [0.3, 0.4) is 0 Å². The molecule has 3 nitrogen and oxygen atoms in total. The minimum atomic E-state index is -0.574. The van der Waals surface area contributed by atoms with Crippen LogP contribution in [0.5, 0.6) is 0 Å². The molecule has 0 fully saturated rings. The number of benzene rings is 1. The Labute approximate surface area is 90.9 Å². The average Bonchev–Trinajstić information content (AvgIpc) is 2.16. The summed E-state index contributed by atoms with van der Waals surface area (Å²) in [5, 5.41) is 1.14. The SMILES string of the molecule is Cc1cccc(C(C)(C)C(=O)N(C)N)c1. The van der Waals surface area contributed by atoms with Gasteiger partial charge in [-0.1, -0.05) is 29.8 Å². The van der Waals surface area contributed by atoms with Crippen LogP contribution in [0.25, 0.3) is 0 Å². The summed E-state index contributed by atoms with van der Waals surface area (Å²) in [7, 11) is 1.57. The number of nitrogens with zero attached hydrogens (tertiary/aromatic N) is 1. The van der Waals surface area contributed by atoms with Crippen LogP contribution in [-0.4, -0.2) is 18.0 Å². The molecule has 0 heterocycles. The molecule has 0 aliphatic carbocycles. The standard InChI is InChI=1S/C12H18N2O/c1-9-6-5-7-10(8-9)12(2,3)11(15)14(4)13/h5-8H,13H2,1-4H3. The van der Waals surface area contributed by atoms with Crippen molar-refractivity contribution in [3.8, 4) is 0 Å². The topological polar surface area (TPSA) is 46.3 Å². The molecule has 0 aliphatic rings. The van der Waals surface area contributed by atoms with E-state index in [0.29, 0.717) is 0 Å². The first-order valence-electron chi connectivity index (χ1n) is 4.95. The second kappa shape index (κ2) is 4.03. The monoisotopic (exact) mass is 206 g/mol. The zero-order valence-corrected chi connectivity index (χ0v) is 9.74. The van der Waals surface area contributed by atoms with E-state index in [-0.39, 0.29) is 5.91 Å². The van der Waals surface area contributed by atoms with Crippen molar-refractivity contribution in [2.24, 2.45) is 5.84 Å². The first kappa shape index (κ1) is 11.7. The van der Waals surface area contributed by atoms with Gasteiger partial charge in [0.1, 0.15) is 0 Å². The van der Waals surface area contributed by atoms with Gasteiger partial charge in [-0.2, -0.15) is 0 Å². The number of carbonyl (C=O) groups excluding carboxylic acids is 1. The van der Waals surface area contributed by atoms with Gasteiger partial charge in [-0.05, 0) is 26.3 Å². The molecular weight excluding hydrogens is 188 g/mol. The van der Waals surface area contributed by atoms with Crippen LogP contribution >= 0.6 is 0 Å². The number of hydrazine groups is 1. The molecule has 0 aliphatic heterocycles. The maximum absolute atomic E-state index is 11.9. The summed E-state index contributed by atoms with van der Waals surface area (Å²) in [6.07, 6.45) is 0. The van der Waals surface area contributed by atoms with Gasteiger partial charge in [-0.3, -0.25) is 9.80 Å². The lowest BCUT2D eigenvalue weighted by Gasteiger charge is -2.27. The molecule has 15 heavy (non-hydrogen) atoms. The fraction of sp³-hybridized carbons (Fsp3) is 0.417. The first-order chi connectivity index (χ1) is 6.85. The van der Waals surface area contributed by atoms with E-state index >= 15 is 0 Å². The van der Waals surface area contributed by atoms with Crippen molar-refractivity contribution in [3.63, 3.8) is 0 Å². The molecule has 0 spiro atoms. The second-order valence-electron chi connectivity index (χ2n) is 4.41. The number of aryl methyl sites for hydroxylation is 1. The fourth-order valence-corrected chi connectivity index (χ4v) is 1.60. The highest BCUT2D eigenvalue weighted by atomic mass is 16.2. The summed E-state index contributed by atoms with van der Waals surface area (Å²) in [5.41, 5.74) is 1.56. The third kappa shape index (κ3) is 2.36. The summed E-state index contributed by atoms with van der Waals surface area (Å²) >= 11 is 0. The van der Waals surface area contributed by atoms with Gasteiger partial charge < -0.3 is 0 Å². The number of hydrogen-bond donors (Lipinski definition) is 1. The fourth-order valence-electron chi connectivity index (χ4n) is 1.60. The van der Waals surface area contributed by atoms with Gasteiger partial charge in [0.15, 0.2) is 0 Å². The van der Waals surface area contributed by atoms with E-state index in [1.807, 2.05) is 45.0 Å². The normalized spacial score (nSPS) is 11.3. The quantitative estimate of drug-likeness (QED) is 0.454. The lowest BCUT2D eigenvalue weighted by atomic mass is 9.83. The molecular formula is C12H18N2O. The van der Waals surface area contributed by atoms with E-state index < -0.39 is 5.41 Å². The van der Waals surface area contributed by atoms with E-state index in [1.54, 1.807) is 7.05 Å². The number of amides is 1. The average molecular weight is 206 g/mol. The highest BCUT2D eigenvalue weighted by molar-refractivity contribution is 5.86. The van der Waals surface area contributed by atoms with Crippen LogP contribution in [0, 0.1) is 6.92 Å². The van der Waals surface area contributed by atoms with Crippen LogP contribution in [0.1, 0.15) is 25.0 Å². The lowest BCUT2D eigenvalue weighted by Crippen LogP contribution is -2.44. The van der Waals surface area contributed by atoms with Crippen molar-refractivity contribution in [2.75, 3.05) is 7.05 Å². The second-order valence-corrected chi connectivity index (χ2v) is 4.41. The smallest absolute Gasteiger partial charge is 0.246 e. The van der Waals surface area contributed by atoms with Crippen molar-refractivity contribution >= 4 is 5.91 Å². The van der Waals surface area contributed by atoms with E-state index in [1.165, 1.54) is 0 Å². The number of carbonyl (C=O) groups is 1. The molecule has 1 rings (SSSR count). The molecule has 0 aromatic heterocycles. The molecule has 2 N–H and O–H groups in total. The molecule has 0 saturated carbocycles. The van der Waals surface area contributed by atoms with Gasteiger partial charge in [0.2, 0.25) is 5.91 Å². The van der Waals surface area contributed by atoms with E-state index in [4.69, 9.17) is 5.84 Å². The maximum Gasteiger partial charge on any atom is 0.246 e. The summed E-state index contributed by atoms with van der Waals surface area (Å²) in [4.78, 5) is 11.9. The van der Waals surface area contributed by atoms with Crippen molar-refractivity contribution < 1.29 is 4.79 Å². The number of rotatable bonds is 2. The van der Waals surface area contributed by atoms with Gasteiger partial charge in [0.25, 0.3) is 0 Å². The summed E-state index contributed by atoms with van der Waals surface area (Å²) < 4.78 is 0. The van der Waals surface area contributed by atoms with Crippen LogP contribution < -0.4 is 5.84 Å². The minimum absolute atomic E-state index is 0.0897. The lowest BCUT2D eigenvalue weighted by molar-refractivity contribution is -0.135. The summed E-state index contributed by atoms with van der Waals surface area (Å²) in [5.74, 6) is 5.39. The predicted octanol–water partition coefficient (Wildman–Crippen LogP) is 1.60. The molecule has 1 amide bonds. The zero-order chi connectivity index (χ0) is 11.6. The van der Waals surface area contributed by atoms with Crippen LogP contribution in [0.15, 0.2) is 24.3 Å². The van der Waals surface area contributed by atoms with Crippen molar-refractivity contribution in [1.29, 1.82) is 0 Å². The van der Waals surface area contributed by atoms with E-state index in [2.05, 4.69) is 0 Å². The highest BCUT2D eigenvalue weighted by Crippen LogP contribution is 2.25. The minimum Gasteiger partial charge on any atom is -0.283 e. The Morgan fingerprint density at radius 1 is 1.40 bits per heavy atom. The Bertz CT molecular complexity index is 370. The third-order valence-corrected chi connectivity index (χ3v) is 2.59. The number of nitrogens with two attached hydrogens (primary N) is 1. The zero-order valence-electron chi connectivity index (χ0n) is 9.74. The maximum atomic E-state index is 11.9. The molecule has 0 saturated heterocycles. The van der Waals surface area contributed by atoms with Crippen molar-refractivity contribution in [3.05, 3.63) is 35.4 Å². The van der Waals surface area contributed by atoms with Gasteiger partial charge >= 0.3 is 0 Å². The molecule has 1 aromatic carbocycles. The molecule has 0 atom stereocenters. The third-order valence-electron chi connectivity index (χ3n) is 2.59. The van der Waals surface area contributed by atoms with E-state index in [0.717, 1.165) is 16.1 Å². The van der Waals surface area contributed by atoms with Crippen LogP contribution in [0.2, 0.25) is 0 Å². The van der Waals surface area contributed by atoms with Gasteiger partial charge in [0.05, 0.1) is 5.41 Å². The summed E-state index contributed by atoms with van der Waals surface area (Å²) in [6.45, 7) is 5.77. The summed E-state index contributed by atoms with van der Waals surface area (Å²) in [6, 6.07) is 7.93. The van der Waals surface area contributed by atoms with Gasteiger partial charge in [0, 0.05) is 7.05 Å². The van der Waals surface area contributed by atoms with Crippen LogP contribution in [-0.2, 0) is 10.2 Å². The number of hydrogen-bond acceptors (Lipinski definition) is 2. The molecule has 0 radical (unpaired) electrons. The molecule has 0 unspecified atom stereocenters. The Kier molecular flexibility index (Phi) is 3.15. The van der Waals surface area contributed by atoms with Crippen LogP contribution in [0.4, 0.5) is 0 Å². The van der Waals surface area contributed by atoms with Crippen molar-refractivity contribution in [1.82, 2.24) is 5.01 Å². The highest BCUT2D eigenvalue weighted by Gasteiger charge is 2.31. The molecule has 3 heteroatoms. The molecule has 82 valence electrons. The van der Waals surface area contributed by atoms with E-state index in [9.17, 15) is 4.79 Å². The Morgan fingerprint density at radius 3 is 2.47 bits per heavy atom. The molecule has 0 bridgehead atoms. The number of likely N-dealkylation sites (N-methyl/N-ethyl adjacent to an activating group) is 1. The Balaban J connectivity index is 3.10.